The van der Waals surface area contributed by atoms with Gasteiger partial charge in [-0.2, -0.15) is 0 Å². The molecule has 0 radical (unpaired) electrons. The van der Waals surface area contributed by atoms with Crippen LogP contribution in [0, 0.1) is 5.41 Å². The smallest absolute Gasteiger partial charge is 0.240 e. The molecule has 1 aromatic rings. The molecule has 0 aliphatic heterocycles. The van der Waals surface area contributed by atoms with Crippen LogP contribution in [0.1, 0.15) is 19.8 Å². The number of sulfonamides is 1. The lowest BCUT2D eigenvalue weighted by atomic mass is 10.2. The van der Waals surface area contributed by atoms with Gasteiger partial charge in [0.15, 0.2) is 0 Å². The summed E-state index contributed by atoms with van der Waals surface area (Å²) in [6.07, 6.45) is 2.15. The second-order valence-electron chi connectivity index (χ2n) is 5.18. The zero-order chi connectivity index (χ0) is 13.9. The van der Waals surface area contributed by atoms with Crippen LogP contribution >= 0.6 is 0 Å². The Bertz CT molecular complexity index is 520. The van der Waals surface area contributed by atoms with Gasteiger partial charge in [0, 0.05) is 6.54 Å². The van der Waals surface area contributed by atoms with E-state index in [0.29, 0.717) is 12.3 Å². The predicted octanol–water partition coefficient (Wildman–Crippen LogP) is 1.14. The van der Waals surface area contributed by atoms with E-state index in [1.54, 1.807) is 12.1 Å². The molecule has 0 amide bonds. The topological polar surface area (TPSA) is 75.6 Å². The van der Waals surface area contributed by atoms with Gasteiger partial charge >= 0.3 is 0 Å². The minimum Gasteiger partial charge on any atom is -0.491 e. The second kappa shape index (κ2) is 5.48. The highest BCUT2D eigenvalue weighted by Crippen LogP contribution is 2.44. The summed E-state index contributed by atoms with van der Waals surface area (Å²) in [5, 5.41) is 8.63. The lowest BCUT2D eigenvalue weighted by Gasteiger charge is -2.11. The third kappa shape index (κ3) is 3.92. The van der Waals surface area contributed by atoms with E-state index in [9.17, 15) is 8.42 Å². The van der Waals surface area contributed by atoms with E-state index < -0.39 is 10.0 Å². The summed E-state index contributed by atoms with van der Waals surface area (Å²) in [4.78, 5) is 0.230. The summed E-state index contributed by atoms with van der Waals surface area (Å²) in [5.74, 6) is 0.544. The number of nitrogens with one attached hydrogen (secondary N) is 1. The summed E-state index contributed by atoms with van der Waals surface area (Å²) in [5.41, 5.74) is 0.136. The summed E-state index contributed by atoms with van der Waals surface area (Å²) in [6.45, 7) is 2.68. The Hall–Kier alpha value is -1.11. The van der Waals surface area contributed by atoms with E-state index in [-0.39, 0.29) is 23.5 Å². The first-order valence-electron chi connectivity index (χ1n) is 6.29. The van der Waals surface area contributed by atoms with Crippen molar-refractivity contribution in [3.8, 4) is 5.75 Å². The number of benzene rings is 1. The average molecular weight is 285 g/mol. The zero-order valence-corrected chi connectivity index (χ0v) is 11.7. The number of ether oxygens (including phenoxy) is 1. The van der Waals surface area contributed by atoms with E-state index in [2.05, 4.69) is 11.6 Å². The first kappa shape index (κ1) is 14.3. The monoisotopic (exact) mass is 285 g/mol. The van der Waals surface area contributed by atoms with Crippen LogP contribution in [0.4, 0.5) is 0 Å². The van der Waals surface area contributed by atoms with E-state index >= 15 is 0 Å². The van der Waals surface area contributed by atoms with Gasteiger partial charge in [-0.25, -0.2) is 13.1 Å². The number of rotatable bonds is 7. The Morgan fingerprint density at radius 3 is 2.47 bits per heavy atom. The van der Waals surface area contributed by atoms with Gasteiger partial charge in [0.1, 0.15) is 12.4 Å². The molecule has 0 unspecified atom stereocenters. The molecule has 2 N–H and O–H groups in total. The fourth-order valence-electron chi connectivity index (χ4n) is 1.62. The highest BCUT2D eigenvalue weighted by atomic mass is 32.2. The molecule has 6 heteroatoms. The molecule has 0 spiro atoms. The number of aliphatic hydroxyl groups is 1. The van der Waals surface area contributed by atoms with Crippen molar-refractivity contribution in [1.82, 2.24) is 4.72 Å². The number of hydrogen-bond donors (Lipinski definition) is 2. The van der Waals surface area contributed by atoms with Crippen molar-refractivity contribution >= 4 is 10.0 Å². The van der Waals surface area contributed by atoms with Crippen molar-refractivity contribution < 1.29 is 18.3 Å². The van der Waals surface area contributed by atoms with E-state index in [1.165, 1.54) is 12.1 Å². The predicted molar refractivity (Wildman–Crippen MR) is 71.6 cm³/mol. The van der Waals surface area contributed by atoms with Crippen LogP contribution in [0.2, 0.25) is 0 Å². The number of hydrogen-bond acceptors (Lipinski definition) is 4. The molecule has 1 saturated carbocycles. The summed E-state index contributed by atoms with van der Waals surface area (Å²) in [6, 6.07) is 6.18. The maximum Gasteiger partial charge on any atom is 0.240 e. The molecule has 2 rings (SSSR count). The van der Waals surface area contributed by atoms with Gasteiger partial charge in [-0.1, -0.05) is 6.92 Å². The van der Waals surface area contributed by atoms with Crippen LogP contribution in [0.5, 0.6) is 5.75 Å². The Morgan fingerprint density at radius 2 is 1.95 bits per heavy atom. The highest BCUT2D eigenvalue weighted by molar-refractivity contribution is 7.89. The first-order chi connectivity index (χ1) is 8.95. The highest BCUT2D eigenvalue weighted by Gasteiger charge is 2.38. The lowest BCUT2D eigenvalue weighted by Crippen LogP contribution is -2.29. The van der Waals surface area contributed by atoms with Gasteiger partial charge in [0.05, 0.1) is 11.5 Å². The minimum absolute atomic E-state index is 0.0693. The Balaban J connectivity index is 1.99. The fourth-order valence-corrected chi connectivity index (χ4v) is 2.82. The van der Waals surface area contributed by atoms with Crippen LogP contribution in [-0.2, 0) is 10.0 Å². The van der Waals surface area contributed by atoms with Crippen LogP contribution in [0.25, 0.3) is 0 Å². The lowest BCUT2D eigenvalue weighted by molar-refractivity contribution is 0.201. The molecule has 1 fully saturated rings. The molecular formula is C13H19NO4S. The van der Waals surface area contributed by atoms with E-state index in [4.69, 9.17) is 9.84 Å². The maximum absolute atomic E-state index is 12.0. The molecule has 0 bridgehead atoms. The third-order valence-corrected chi connectivity index (χ3v) is 4.70. The zero-order valence-electron chi connectivity index (χ0n) is 10.9. The second-order valence-corrected chi connectivity index (χ2v) is 6.95. The van der Waals surface area contributed by atoms with Gasteiger partial charge in [0.2, 0.25) is 10.0 Å². The van der Waals surface area contributed by atoms with Crippen molar-refractivity contribution in [1.29, 1.82) is 0 Å². The first-order valence-corrected chi connectivity index (χ1v) is 7.77. The molecule has 0 aromatic heterocycles. The molecule has 1 aliphatic rings. The maximum atomic E-state index is 12.0. The average Bonchev–Trinajstić information content (AvgIpc) is 3.13. The molecular weight excluding hydrogens is 266 g/mol. The quantitative estimate of drug-likeness (QED) is 0.787. The van der Waals surface area contributed by atoms with Crippen molar-refractivity contribution in [2.45, 2.75) is 24.7 Å². The molecule has 1 aliphatic carbocycles. The van der Waals surface area contributed by atoms with Crippen LogP contribution < -0.4 is 9.46 Å². The van der Waals surface area contributed by atoms with Crippen molar-refractivity contribution in [3.63, 3.8) is 0 Å². The number of aliphatic hydroxyl groups excluding tert-OH is 1. The molecule has 1 aromatic carbocycles. The standard InChI is InChI=1S/C13H19NO4S/c1-13(6-7-13)10-14-19(16,17)12-4-2-11(3-5-12)18-9-8-15/h2-5,14-15H,6-10H2,1H3. The van der Waals surface area contributed by atoms with Gasteiger partial charge < -0.3 is 9.84 Å². The molecule has 5 nitrogen and oxygen atoms in total. The van der Waals surface area contributed by atoms with E-state index in [0.717, 1.165) is 12.8 Å². The van der Waals surface area contributed by atoms with Gasteiger partial charge in [-0.15, -0.1) is 0 Å². The minimum atomic E-state index is -3.45. The SMILES string of the molecule is CC1(CNS(=O)(=O)c2ccc(OCCO)cc2)CC1. The Morgan fingerprint density at radius 1 is 1.32 bits per heavy atom. The van der Waals surface area contributed by atoms with E-state index in [1.807, 2.05) is 0 Å². The molecule has 0 atom stereocenters. The van der Waals surface area contributed by atoms with Crippen LogP contribution in [0.3, 0.4) is 0 Å². The third-order valence-electron chi connectivity index (χ3n) is 3.29. The van der Waals surface area contributed by atoms with Gasteiger partial charge in [-0.3, -0.25) is 0 Å². The summed E-state index contributed by atoms with van der Waals surface area (Å²) in [7, 11) is -3.45. The summed E-state index contributed by atoms with van der Waals surface area (Å²) < 4.78 is 31.9. The molecule has 19 heavy (non-hydrogen) atoms. The largest absolute Gasteiger partial charge is 0.491 e. The molecule has 106 valence electrons. The van der Waals surface area contributed by atoms with Crippen molar-refractivity contribution in [3.05, 3.63) is 24.3 Å². The summed E-state index contributed by atoms with van der Waals surface area (Å²) >= 11 is 0. The molecule has 0 heterocycles. The molecule has 0 saturated heterocycles. The van der Waals surface area contributed by atoms with Crippen molar-refractivity contribution in [2.75, 3.05) is 19.8 Å². The van der Waals surface area contributed by atoms with Crippen LogP contribution in [-0.4, -0.2) is 33.3 Å². The van der Waals surface area contributed by atoms with Crippen LogP contribution in [0.15, 0.2) is 29.2 Å². The normalized spacial score (nSPS) is 17.2. The fraction of sp³-hybridized carbons (Fsp3) is 0.538. The Labute approximate surface area is 113 Å². The van der Waals surface area contributed by atoms with Gasteiger partial charge in [0.25, 0.3) is 0 Å². The Kier molecular flexibility index (Phi) is 4.13. The van der Waals surface area contributed by atoms with Gasteiger partial charge in [-0.05, 0) is 42.5 Å². The van der Waals surface area contributed by atoms with Crippen molar-refractivity contribution in [2.24, 2.45) is 5.41 Å².